The van der Waals surface area contributed by atoms with Crippen LogP contribution < -0.4 is 5.32 Å². The third-order valence-electron chi connectivity index (χ3n) is 4.71. The first-order valence-corrected chi connectivity index (χ1v) is 10.6. The zero-order valence-electron chi connectivity index (χ0n) is 15.8. The molecule has 29 heavy (non-hydrogen) atoms. The van der Waals surface area contributed by atoms with Gasteiger partial charge in [-0.1, -0.05) is 42.0 Å². The maximum Gasteiger partial charge on any atom is 0.210 e. The Kier molecular flexibility index (Phi) is 5.03. The van der Waals surface area contributed by atoms with Gasteiger partial charge < -0.3 is 5.32 Å². The molecule has 0 aliphatic rings. The molecule has 1 heterocycles. The van der Waals surface area contributed by atoms with E-state index in [4.69, 9.17) is 0 Å². The summed E-state index contributed by atoms with van der Waals surface area (Å²) in [6, 6.07) is 20.1. The predicted octanol–water partition coefficient (Wildman–Crippen LogP) is 5.13. The molecule has 0 aliphatic heterocycles. The fourth-order valence-corrected chi connectivity index (χ4v) is 4.61. The van der Waals surface area contributed by atoms with Gasteiger partial charge in [0.2, 0.25) is 9.84 Å². The minimum atomic E-state index is -3.77. The number of aryl methyl sites for hydroxylation is 1. The second-order valence-corrected chi connectivity index (χ2v) is 8.73. The average molecular weight is 406 g/mol. The number of sulfone groups is 1. The molecule has 4 nitrogen and oxygen atoms in total. The summed E-state index contributed by atoms with van der Waals surface area (Å²) in [5.74, 6) is -0.314. The molecule has 0 saturated carbocycles. The van der Waals surface area contributed by atoms with Crippen molar-refractivity contribution < 1.29 is 12.8 Å². The zero-order valence-corrected chi connectivity index (χ0v) is 16.6. The topological polar surface area (TPSA) is 59.1 Å². The fourth-order valence-electron chi connectivity index (χ4n) is 3.19. The molecule has 4 rings (SSSR count). The van der Waals surface area contributed by atoms with E-state index in [1.165, 1.54) is 18.3 Å². The molecule has 1 N–H and O–H groups in total. The van der Waals surface area contributed by atoms with Crippen molar-refractivity contribution in [1.29, 1.82) is 0 Å². The van der Waals surface area contributed by atoms with E-state index in [1.54, 1.807) is 42.5 Å². The summed E-state index contributed by atoms with van der Waals surface area (Å²) in [4.78, 5) is 4.69. The second kappa shape index (κ2) is 7.64. The Hall–Kier alpha value is -3.25. The van der Waals surface area contributed by atoms with Crippen LogP contribution in [0.1, 0.15) is 11.1 Å². The van der Waals surface area contributed by atoms with Crippen molar-refractivity contribution in [3.05, 3.63) is 95.9 Å². The van der Waals surface area contributed by atoms with Gasteiger partial charge in [0.15, 0.2) is 0 Å². The Labute approximate surface area is 169 Å². The first kappa shape index (κ1) is 19.1. The summed E-state index contributed by atoms with van der Waals surface area (Å²) in [5.41, 5.74) is 3.03. The second-order valence-electron chi connectivity index (χ2n) is 6.81. The number of nitrogens with zero attached hydrogens (tertiary/aromatic N) is 1. The maximum absolute atomic E-state index is 13.3. The van der Waals surface area contributed by atoms with Gasteiger partial charge >= 0.3 is 0 Å². The van der Waals surface area contributed by atoms with Crippen LogP contribution >= 0.6 is 0 Å². The van der Waals surface area contributed by atoms with Crippen LogP contribution in [0, 0.1) is 12.7 Å². The van der Waals surface area contributed by atoms with Crippen molar-refractivity contribution in [2.24, 2.45) is 0 Å². The van der Waals surface area contributed by atoms with Gasteiger partial charge in [-0.05, 0) is 48.9 Å². The molecule has 0 amide bonds. The number of halogens is 1. The largest absolute Gasteiger partial charge is 0.379 e. The summed E-state index contributed by atoms with van der Waals surface area (Å²) < 4.78 is 39.8. The number of nitrogens with one attached hydrogen (secondary N) is 1. The Morgan fingerprint density at radius 1 is 0.966 bits per heavy atom. The standard InChI is InChI=1S/C23H19FN2O2S/c1-16-7-12-21-20(13-16)23(26-14-17-8-10-18(24)11-9-17)22(15-25-21)29(27,28)19-5-3-2-4-6-19/h2-13,15H,14H2,1H3,(H,25,26). The van der Waals surface area contributed by atoms with Crippen LogP contribution in [0.25, 0.3) is 10.9 Å². The lowest BCUT2D eigenvalue weighted by Gasteiger charge is -2.16. The molecule has 3 aromatic carbocycles. The third-order valence-corrected chi connectivity index (χ3v) is 6.50. The quantitative estimate of drug-likeness (QED) is 0.499. The van der Waals surface area contributed by atoms with E-state index in [-0.39, 0.29) is 15.6 Å². The van der Waals surface area contributed by atoms with Crippen LogP contribution in [0.5, 0.6) is 0 Å². The van der Waals surface area contributed by atoms with Gasteiger partial charge in [-0.2, -0.15) is 0 Å². The van der Waals surface area contributed by atoms with Crippen LogP contribution in [0.4, 0.5) is 10.1 Å². The summed E-state index contributed by atoms with van der Waals surface area (Å²) in [7, 11) is -3.77. The van der Waals surface area contributed by atoms with Crippen LogP contribution in [-0.2, 0) is 16.4 Å². The van der Waals surface area contributed by atoms with Gasteiger partial charge in [0, 0.05) is 18.1 Å². The van der Waals surface area contributed by atoms with Gasteiger partial charge in [-0.15, -0.1) is 0 Å². The molecule has 0 fully saturated rings. The van der Waals surface area contributed by atoms with Crippen molar-refractivity contribution in [3.63, 3.8) is 0 Å². The number of fused-ring (bicyclic) bond motifs is 1. The number of benzene rings is 3. The highest BCUT2D eigenvalue weighted by Crippen LogP contribution is 2.33. The Morgan fingerprint density at radius 3 is 2.41 bits per heavy atom. The average Bonchev–Trinajstić information content (AvgIpc) is 2.73. The van der Waals surface area contributed by atoms with Crippen molar-refractivity contribution >= 4 is 26.4 Å². The number of anilines is 1. The van der Waals surface area contributed by atoms with Crippen molar-refractivity contribution in [2.45, 2.75) is 23.3 Å². The number of rotatable bonds is 5. The molecule has 0 unspecified atom stereocenters. The molecule has 0 radical (unpaired) electrons. The summed E-state index contributed by atoms with van der Waals surface area (Å²) >= 11 is 0. The third kappa shape index (κ3) is 3.84. The molecular weight excluding hydrogens is 387 g/mol. The first-order chi connectivity index (χ1) is 13.9. The van der Waals surface area contributed by atoms with Crippen LogP contribution in [-0.4, -0.2) is 13.4 Å². The van der Waals surface area contributed by atoms with E-state index in [0.717, 1.165) is 16.5 Å². The molecule has 6 heteroatoms. The highest BCUT2D eigenvalue weighted by molar-refractivity contribution is 7.91. The molecule has 0 spiro atoms. The molecule has 0 bridgehead atoms. The molecule has 0 saturated heterocycles. The molecule has 1 aromatic heterocycles. The van der Waals surface area contributed by atoms with Crippen LogP contribution in [0.2, 0.25) is 0 Å². The van der Waals surface area contributed by atoms with Crippen molar-refractivity contribution in [3.8, 4) is 0 Å². The number of pyridine rings is 1. The number of hydrogen-bond acceptors (Lipinski definition) is 4. The Balaban J connectivity index is 1.85. The van der Waals surface area contributed by atoms with Gasteiger partial charge in [-0.3, -0.25) is 4.98 Å². The van der Waals surface area contributed by atoms with Gasteiger partial charge in [0.05, 0.1) is 16.1 Å². The molecule has 0 atom stereocenters. The smallest absolute Gasteiger partial charge is 0.210 e. The van der Waals surface area contributed by atoms with E-state index >= 15 is 0 Å². The minimum Gasteiger partial charge on any atom is -0.379 e. The van der Waals surface area contributed by atoms with E-state index in [1.807, 2.05) is 25.1 Å². The lowest BCUT2D eigenvalue weighted by molar-refractivity contribution is 0.596. The first-order valence-electron chi connectivity index (χ1n) is 9.13. The highest BCUT2D eigenvalue weighted by atomic mass is 32.2. The lowest BCUT2D eigenvalue weighted by Crippen LogP contribution is -2.09. The predicted molar refractivity (Wildman–Crippen MR) is 112 cm³/mol. The molecular formula is C23H19FN2O2S. The Morgan fingerprint density at radius 2 is 1.69 bits per heavy atom. The molecule has 146 valence electrons. The van der Waals surface area contributed by atoms with Crippen LogP contribution in [0.15, 0.2) is 88.8 Å². The number of hydrogen-bond donors (Lipinski definition) is 1. The van der Waals surface area contributed by atoms with Gasteiger partial charge in [0.1, 0.15) is 10.7 Å². The summed E-state index contributed by atoms with van der Waals surface area (Å²) in [6.07, 6.45) is 1.40. The van der Waals surface area contributed by atoms with Gasteiger partial charge in [0.25, 0.3) is 0 Å². The van der Waals surface area contributed by atoms with Crippen molar-refractivity contribution in [1.82, 2.24) is 4.98 Å². The monoisotopic (exact) mass is 406 g/mol. The Bertz CT molecular complexity index is 1270. The lowest BCUT2D eigenvalue weighted by atomic mass is 10.1. The van der Waals surface area contributed by atoms with Crippen molar-refractivity contribution in [2.75, 3.05) is 5.32 Å². The van der Waals surface area contributed by atoms with Crippen LogP contribution in [0.3, 0.4) is 0 Å². The maximum atomic E-state index is 13.3. The zero-order chi connectivity index (χ0) is 20.4. The number of aromatic nitrogens is 1. The summed E-state index contributed by atoms with van der Waals surface area (Å²) in [5, 5.41) is 3.98. The highest BCUT2D eigenvalue weighted by Gasteiger charge is 2.23. The van der Waals surface area contributed by atoms with E-state index in [2.05, 4.69) is 10.3 Å². The van der Waals surface area contributed by atoms with E-state index in [9.17, 15) is 12.8 Å². The summed E-state index contributed by atoms with van der Waals surface area (Å²) in [6.45, 7) is 2.30. The van der Waals surface area contributed by atoms with E-state index < -0.39 is 9.84 Å². The fraction of sp³-hybridized carbons (Fsp3) is 0.0870. The normalized spacial score (nSPS) is 11.5. The molecule has 0 aliphatic carbocycles. The SMILES string of the molecule is Cc1ccc2ncc(S(=O)(=O)c3ccccc3)c(NCc3ccc(F)cc3)c2c1. The molecule has 4 aromatic rings. The van der Waals surface area contributed by atoms with E-state index in [0.29, 0.717) is 17.7 Å². The van der Waals surface area contributed by atoms with Gasteiger partial charge in [-0.25, -0.2) is 12.8 Å². The minimum absolute atomic E-state index is 0.115.